The van der Waals surface area contributed by atoms with Crippen molar-refractivity contribution in [1.82, 2.24) is 24.5 Å². The van der Waals surface area contributed by atoms with Gasteiger partial charge >= 0.3 is 0 Å². The molecular formula is C16H20N6OS. The fourth-order valence-corrected chi connectivity index (χ4v) is 3.09. The number of nitrogens with zero attached hydrogens (tertiary/aromatic N) is 5. The predicted molar refractivity (Wildman–Crippen MR) is 94.5 cm³/mol. The number of hydrogen-bond acceptors (Lipinski definition) is 6. The molecule has 0 radical (unpaired) electrons. The van der Waals surface area contributed by atoms with E-state index in [1.807, 2.05) is 61.6 Å². The molecule has 0 aromatic carbocycles. The van der Waals surface area contributed by atoms with E-state index in [4.69, 9.17) is 0 Å². The lowest BCUT2D eigenvalue weighted by atomic mass is 10.2. The highest BCUT2D eigenvalue weighted by Gasteiger charge is 2.20. The SMILES string of the molecule is CC(C)c1nnc(NC(=O)c2nc3ccccn3c2CN(C)C)s1. The molecule has 7 nitrogen and oxygen atoms in total. The number of rotatable bonds is 5. The second-order valence-electron chi connectivity index (χ2n) is 6.13. The predicted octanol–water partition coefficient (Wildman–Crippen LogP) is 2.62. The molecule has 0 fully saturated rings. The molecule has 24 heavy (non-hydrogen) atoms. The number of pyridine rings is 1. The number of hydrogen-bond donors (Lipinski definition) is 1. The summed E-state index contributed by atoms with van der Waals surface area (Å²) in [5.74, 6) is 0.0228. The van der Waals surface area contributed by atoms with Crippen LogP contribution in [0.1, 0.15) is 41.0 Å². The minimum Gasteiger partial charge on any atom is -0.304 e. The van der Waals surface area contributed by atoms with Gasteiger partial charge in [0.15, 0.2) is 5.69 Å². The van der Waals surface area contributed by atoms with E-state index < -0.39 is 0 Å². The van der Waals surface area contributed by atoms with Gasteiger partial charge in [-0.1, -0.05) is 31.3 Å². The van der Waals surface area contributed by atoms with Gasteiger partial charge in [-0.15, -0.1) is 10.2 Å². The Kier molecular flexibility index (Phi) is 4.59. The third-order valence-electron chi connectivity index (χ3n) is 3.46. The van der Waals surface area contributed by atoms with Crippen LogP contribution in [-0.4, -0.2) is 44.5 Å². The van der Waals surface area contributed by atoms with Crippen LogP contribution >= 0.6 is 11.3 Å². The molecule has 0 aliphatic heterocycles. The molecular weight excluding hydrogens is 324 g/mol. The lowest BCUT2D eigenvalue weighted by Gasteiger charge is -2.10. The Hall–Kier alpha value is -2.32. The van der Waals surface area contributed by atoms with Crippen LogP contribution in [0.3, 0.4) is 0 Å². The van der Waals surface area contributed by atoms with E-state index >= 15 is 0 Å². The van der Waals surface area contributed by atoms with Gasteiger partial charge in [-0.05, 0) is 26.2 Å². The summed E-state index contributed by atoms with van der Waals surface area (Å²) in [6.45, 7) is 4.70. The van der Waals surface area contributed by atoms with Crippen molar-refractivity contribution in [2.45, 2.75) is 26.3 Å². The molecule has 0 bridgehead atoms. The van der Waals surface area contributed by atoms with Crippen LogP contribution in [0.15, 0.2) is 24.4 Å². The van der Waals surface area contributed by atoms with E-state index in [2.05, 4.69) is 20.5 Å². The Bertz CT molecular complexity index is 866. The monoisotopic (exact) mass is 344 g/mol. The highest BCUT2D eigenvalue weighted by Crippen LogP contribution is 2.23. The molecule has 126 valence electrons. The van der Waals surface area contributed by atoms with Crippen molar-refractivity contribution in [3.05, 3.63) is 40.8 Å². The zero-order valence-corrected chi connectivity index (χ0v) is 15.0. The van der Waals surface area contributed by atoms with Crippen molar-refractivity contribution in [3.8, 4) is 0 Å². The lowest BCUT2D eigenvalue weighted by molar-refractivity contribution is 0.102. The second-order valence-corrected chi connectivity index (χ2v) is 7.14. The van der Waals surface area contributed by atoms with Crippen molar-refractivity contribution < 1.29 is 4.79 Å². The fraction of sp³-hybridized carbons (Fsp3) is 0.375. The van der Waals surface area contributed by atoms with E-state index in [0.29, 0.717) is 17.4 Å². The lowest BCUT2D eigenvalue weighted by Crippen LogP contribution is -2.19. The molecule has 3 rings (SSSR count). The first-order valence-electron chi connectivity index (χ1n) is 7.71. The largest absolute Gasteiger partial charge is 0.304 e. The molecule has 1 N–H and O–H groups in total. The smallest absolute Gasteiger partial charge is 0.278 e. The van der Waals surface area contributed by atoms with Gasteiger partial charge in [0.05, 0.1) is 5.69 Å². The number of carbonyl (C=O) groups is 1. The van der Waals surface area contributed by atoms with E-state index in [0.717, 1.165) is 16.3 Å². The average Bonchev–Trinajstić information content (AvgIpc) is 3.12. The Morgan fingerprint density at radius 3 is 2.79 bits per heavy atom. The van der Waals surface area contributed by atoms with Gasteiger partial charge < -0.3 is 9.30 Å². The highest BCUT2D eigenvalue weighted by atomic mass is 32.1. The third-order valence-corrected chi connectivity index (χ3v) is 4.60. The average molecular weight is 344 g/mol. The van der Waals surface area contributed by atoms with Crippen LogP contribution in [0.5, 0.6) is 0 Å². The van der Waals surface area contributed by atoms with Crippen molar-refractivity contribution in [2.75, 3.05) is 19.4 Å². The zero-order valence-electron chi connectivity index (χ0n) is 14.1. The van der Waals surface area contributed by atoms with Crippen LogP contribution in [0.4, 0.5) is 5.13 Å². The topological polar surface area (TPSA) is 75.4 Å². The molecule has 8 heteroatoms. The van der Waals surface area contributed by atoms with E-state index in [-0.39, 0.29) is 11.8 Å². The molecule has 0 aliphatic rings. The summed E-state index contributed by atoms with van der Waals surface area (Å²) in [5.41, 5.74) is 2.01. The molecule has 0 aliphatic carbocycles. The summed E-state index contributed by atoms with van der Waals surface area (Å²) in [7, 11) is 3.92. The van der Waals surface area contributed by atoms with Gasteiger partial charge in [0.2, 0.25) is 5.13 Å². The van der Waals surface area contributed by atoms with Gasteiger partial charge in [0.1, 0.15) is 10.7 Å². The molecule has 0 spiro atoms. The number of aromatic nitrogens is 4. The molecule has 0 saturated heterocycles. The van der Waals surface area contributed by atoms with Crippen molar-refractivity contribution >= 4 is 28.0 Å². The number of imidazole rings is 1. The van der Waals surface area contributed by atoms with Crippen LogP contribution < -0.4 is 5.32 Å². The first-order chi connectivity index (χ1) is 11.5. The number of fused-ring (bicyclic) bond motifs is 1. The van der Waals surface area contributed by atoms with Gasteiger partial charge in [0.25, 0.3) is 5.91 Å². The fourth-order valence-electron chi connectivity index (χ4n) is 2.35. The number of amides is 1. The summed E-state index contributed by atoms with van der Waals surface area (Å²) in [6, 6.07) is 5.72. The summed E-state index contributed by atoms with van der Waals surface area (Å²) in [6.07, 6.45) is 1.92. The number of anilines is 1. The minimum absolute atomic E-state index is 0.262. The first-order valence-corrected chi connectivity index (χ1v) is 8.52. The number of nitrogens with one attached hydrogen (secondary N) is 1. The third kappa shape index (κ3) is 3.29. The van der Waals surface area contributed by atoms with Crippen molar-refractivity contribution in [1.29, 1.82) is 0 Å². The molecule has 3 aromatic rings. The van der Waals surface area contributed by atoms with Gasteiger partial charge in [0, 0.05) is 18.7 Å². The van der Waals surface area contributed by atoms with Crippen LogP contribution in [0.25, 0.3) is 5.65 Å². The Morgan fingerprint density at radius 2 is 2.12 bits per heavy atom. The molecule has 0 atom stereocenters. The maximum absolute atomic E-state index is 12.7. The Balaban J connectivity index is 1.93. The van der Waals surface area contributed by atoms with Crippen LogP contribution in [0, 0.1) is 0 Å². The van der Waals surface area contributed by atoms with Crippen LogP contribution in [-0.2, 0) is 6.54 Å². The number of carbonyl (C=O) groups excluding carboxylic acids is 1. The second kappa shape index (κ2) is 6.66. The van der Waals surface area contributed by atoms with Gasteiger partial charge in [-0.3, -0.25) is 10.1 Å². The van der Waals surface area contributed by atoms with E-state index in [1.165, 1.54) is 11.3 Å². The first kappa shape index (κ1) is 16.5. The quantitative estimate of drug-likeness (QED) is 0.770. The molecule has 3 heterocycles. The zero-order chi connectivity index (χ0) is 17.3. The molecule has 3 aromatic heterocycles. The summed E-state index contributed by atoms with van der Waals surface area (Å²) in [5, 5.41) is 12.3. The maximum atomic E-state index is 12.7. The van der Waals surface area contributed by atoms with Gasteiger partial charge in [-0.2, -0.15) is 0 Å². The summed E-state index contributed by atoms with van der Waals surface area (Å²) in [4.78, 5) is 19.2. The maximum Gasteiger partial charge on any atom is 0.278 e. The van der Waals surface area contributed by atoms with Gasteiger partial charge in [-0.25, -0.2) is 4.98 Å². The molecule has 0 unspecified atom stereocenters. The van der Waals surface area contributed by atoms with Crippen LogP contribution in [0.2, 0.25) is 0 Å². The Morgan fingerprint density at radius 1 is 1.33 bits per heavy atom. The van der Waals surface area contributed by atoms with Crippen molar-refractivity contribution in [3.63, 3.8) is 0 Å². The minimum atomic E-state index is -0.262. The van der Waals surface area contributed by atoms with E-state index in [9.17, 15) is 4.79 Å². The summed E-state index contributed by atoms with van der Waals surface area (Å²) < 4.78 is 1.94. The summed E-state index contributed by atoms with van der Waals surface area (Å²) >= 11 is 1.39. The molecule has 1 amide bonds. The van der Waals surface area contributed by atoms with E-state index in [1.54, 1.807) is 0 Å². The Labute approximate surface area is 144 Å². The van der Waals surface area contributed by atoms with Crippen molar-refractivity contribution in [2.24, 2.45) is 0 Å². The standard InChI is InChI=1S/C16H20N6OS/c1-10(2)15-19-20-16(24-15)18-14(23)13-11(9-21(3)4)22-8-6-5-7-12(22)17-13/h5-8,10H,9H2,1-4H3,(H,18,20,23). The highest BCUT2D eigenvalue weighted by molar-refractivity contribution is 7.15. The normalized spacial score (nSPS) is 11.6. The molecule has 0 saturated carbocycles.